The minimum atomic E-state index is 0.868. The molecule has 3 heteroatoms. The molecule has 0 aliphatic carbocycles. The molecule has 0 saturated heterocycles. The van der Waals surface area contributed by atoms with E-state index < -0.39 is 0 Å². The summed E-state index contributed by atoms with van der Waals surface area (Å²) in [5.41, 5.74) is 12.8. The fourth-order valence-corrected chi connectivity index (χ4v) is 9.24. The molecule has 0 atom stereocenters. The number of benzene rings is 10. The summed E-state index contributed by atoms with van der Waals surface area (Å²) in [5, 5.41) is 9.73. The SMILES string of the molecule is c1ccc(N(c2cccc(-c3ccc4c(ccc5ccccc54)c3)c2)c2ccc3c(oc4ccccc43)c2-c2ccc(-n3c4ccccc4c4ccccc43)cc2)cc1. The number of rotatable bonds is 6. The van der Waals surface area contributed by atoms with E-state index in [-0.39, 0.29) is 0 Å². The highest BCUT2D eigenvalue weighted by molar-refractivity contribution is 6.14. The number of fused-ring (bicyclic) bond motifs is 9. The summed E-state index contributed by atoms with van der Waals surface area (Å²) in [6, 6.07) is 78.7. The van der Waals surface area contributed by atoms with E-state index in [1.807, 2.05) is 6.07 Å². The summed E-state index contributed by atoms with van der Waals surface area (Å²) < 4.78 is 9.22. The van der Waals surface area contributed by atoms with E-state index >= 15 is 0 Å². The molecule has 2 aromatic heterocycles. The van der Waals surface area contributed by atoms with Crippen molar-refractivity contribution in [2.75, 3.05) is 4.90 Å². The van der Waals surface area contributed by atoms with Gasteiger partial charge in [-0.2, -0.15) is 0 Å². The number of anilines is 3. The molecule has 0 radical (unpaired) electrons. The van der Waals surface area contributed by atoms with Crippen molar-refractivity contribution in [1.82, 2.24) is 4.57 Å². The molecule has 276 valence electrons. The van der Waals surface area contributed by atoms with E-state index in [0.717, 1.165) is 61.4 Å². The maximum atomic E-state index is 6.85. The van der Waals surface area contributed by atoms with Gasteiger partial charge in [-0.05, 0) is 111 Å². The van der Waals surface area contributed by atoms with E-state index in [0.29, 0.717) is 0 Å². The van der Waals surface area contributed by atoms with Gasteiger partial charge < -0.3 is 13.9 Å². The Balaban J connectivity index is 1.05. The zero-order chi connectivity index (χ0) is 38.9. The molecular weight excluding hydrogens is 717 g/mol. The molecule has 0 N–H and O–H groups in total. The Morgan fingerprint density at radius 2 is 0.949 bits per heavy atom. The maximum absolute atomic E-state index is 6.85. The summed E-state index contributed by atoms with van der Waals surface area (Å²) in [6.45, 7) is 0. The van der Waals surface area contributed by atoms with Gasteiger partial charge in [-0.15, -0.1) is 0 Å². The topological polar surface area (TPSA) is 21.3 Å². The molecule has 12 rings (SSSR count). The lowest BCUT2D eigenvalue weighted by Crippen LogP contribution is -2.11. The molecule has 0 aliphatic heterocycles. The zero-order valence-corrected chi connectivity index (χ0v) is 32.1. The minimum Gasteiger partial charge on any atom is -0.455 e. The number of para-hydroxylation sites is 4. The summed E-state index contributed by atoms with van der Waals surface area (Å²) in [6.07, 6.45) is 0. The molecule has 59 heavy (non-hydrogen) atoms. The van der Waals surface area contributed by atoms with Crippen molar-refractivity contribution in [2.45, 2.75) is 0 Å². The van der Waals surface area contributed by atoms with Crippen LogP contribution < -0.4 is 4.90 Å². The lowest BCUT2D eigenvalue weighted by atomic mass is 9.96. The number of hydrogen-bond acceptors (Lipinski definition) is 2. The molecule has 2 heterocycles. The minimum absolute atomic E-state index is 0.868. The molecule has 0 saturated carbocycles. The van der Waals surface area contributed by atoms with Crippen LogP contribution in [0.25, 0.3) is 93.2 Å². The molecule has 0 unspecified atom stereocenters. The van der Waals surface area contributed by atoms with E-state index in [9.17, 15) is 0 Å². The van der Waals surface area contributed by atoms with Crippen molar-refractivity contribution in [3.05, 3.63) is 218 Å². The van der Waals surface area contributed by atoms with Gasteiger partial charge in [0, 0.05) is 44.2 Å². The molecule has 12 aromatic rings. The number of furan rings is 1. The van der Waals surface area contributed by atoms with E-state index in [1.165, 1.54) is 48.9 Å². The molecular formula is C56H36N2O. The van der Waals surface area contributed by atoms with Crippen LogP contribution in [0, 0.1) is 0 Å². The highest BCUT2D eigenvalue weighted by atomic mass is 16.3. The fraction of sp³-hybridized carbons (Fsp3) is 0. The van der Waals surface area contributed by atoms with Crippen LogP contribution in [-0.4, -0.2) is 4.57 Å². The van der Waals surface area contributed by atoms with Crippen LogP contribution in [0.4, 0.5) is 17.1 Å². The Morgan fingerprint density at radius 1 is 0.356 bits per heavy atom. The van der Waals surface area contributed by atoms with Crippen molar-refractivity contribution in [2.24, 2.45) is 0 Å². The summed E-state index contributed by atoms with van der Waals surface area (Å²) in [4.78, 5) is 2.38. The fourth-order valence-electron chi connectivity index (χ4n) is 9.24. The second-order valence-electron chi connectivity index (χ2n) is 15.3. The van der Waals surface area contributed by atoms with Crippen LogP contribution in [0.5, 0.6) is 0 Å². The Labute approximate surface area is 341 Å². The van der Waals surface area contributed by atoms with Crippen LogP contribution in [-0.2, 0) is 0 Å². The van der Waals surface area contributed by atoms with Gasteiger partial charge in [0.05, 0.1) is 16.7 Å². The predicted octanol–water partition coefficient (Wildman–Crippen LogP) is 15.8. The van der Waals surface area contributed by atoms with Gasteiger partial charge >= 0.3 is 0 Å². The predicted molar refractivity (Wildman–Crippen MR) is 249 cm³/mol. The van der Waals surface area contributed by atoms with Gasteiger partial charge in [-0.25, -0.2) is 0 Å². The van der Waals surface area contributed by atoms with Crippen LogP contribution in [0.1, 0.15) is 0 Å². The number of aromatic nitrogens is 1. The second-order valence-corrected chi connectivity index (χ2v) is 15.3. The zero-order valence-electron chi connectivity index (χ0n) is 32.1. The Kier molecular flexibility index (Phi) is 7.54. The third-order valence-corrected chi connectivity index (χ3v) is 12.0. The van der Waals surface area contributed by atoms with Crippen molar-refractivity contribution in [1.29, 1.82) is 0 Å². The van der Waals surface area contributed by atoms with E-state index in [4.69, 9.17) is 4.42 Å². The quantitative estimate of drug-likeness (QED) is 0.158. The largest absolute Gasteiger partial charge is 0.455 e. The van der Waals surface area contributed by atoms with Crippen molar-refractivity contribution >= 4 is 82.4 Å². The third-order valence-electron chi connectivity index (χ3n) is 12.0. The van der Waals surface area contributed by atoms with Gasteiger partial charge in [-0.1, -0.05) is 146 Å². The average molecular weight is 753 g/mol. The Morgan fingerprint density at radius 3 is 1.75 bits per heavy atom. The maximum Gasteiger partial charge on any atom is 0.145 e. The monoisotopic (exact) mass is 752 g/mol. The summed E-state index contributed by atoms with van der Waals surface area (Å²) in [7, 11) is 0. The highest BCUT2D eigenvalue weighted by Gasteiger charge is 2.23. The van der Waals surface area contributed by atoms with Gasteiger partial charge in [0.1, 0.15) is 11.2 Å². The highest BCUT2D eigenvalue weighted by Crippen LogP contribution is 2.47. The lowest BCUT2D eigenvalue weighted by molar-refractivity contribution is 0.670. The number of nitrogens with zero attached hydrogens (tertiary/aromatic N) is 2. The molecule has 10 aromatic carbocycles. The lowest BCUT2D eigenvalue weighted by Gasteiger charge is -2.28. The molecule has 0 fully saturated rings. The first-order valence-electron chi connectivity index (χ1n) is 20.2. The van der Waals surface area contributed by atoms with E-state index in [2.05, 4.69) is 222 Å². The summed E-state index contributed by atoms with van der Waals surface area (Å²) in [5.74, 6) is 0. The Hall–Kier alpha value is -7.88. The van der Waals surface area contributed by atoms with Crippen LogP contribution >= 0.6 is 0 Å². The van der Waals surface area contributed by atoms with Crippen LogP contribution in [0.15, 0.2) is 223 Å². The first kappa shape index (κ1) is 33.3. The van der Waals surface area contributed by atoms with Crippen LogP contribution in [0.2, 0.25) is 0 Å². The number of hydrogen-bond donors (Lipinski definition) is 0. The van der Waals surface area contributed by atoms with Crippen molar-refractivity contribution in [3.8, 4) is 27.9 Å². The van der Waals surface area contributed by atoms with Gasteiger partial charge in [0.2, 0.25) is 0 Å². The first-order chi connectivity index (χ1) is 29.3. The van der Waals surface area contributed by atoms with Crippen molar-refractivity contribution < 1.29 is 4.42 Å². The molecule has 0 aliphatic rings. The molecule has 0 amide bonds. The van der Waals surface area contributed by atoms with E-state index in [1.54, 1.807) is 0 Å². The van der Waals surface area contributed by atoms with Gasteiger partial charge in [0.15, 0.2) is 0 Å². The average Bonchev–Trinajstić information content (AvgIpc) is 3.85. The van der Waals surface area contributed by atoms with Crippen molar-refractivity contribution in [3.63, 3.8) is 0 Å². The first-order valence-corrected chi connectivity index (χ1v) is 20.2. The molecule has 0 bridgehead atoms. The molecule has 0 spiro atoms. The second kappa shape index (κ2) is 13.4. The Bertz CT molecular complexity index is 3500. The smallest absolute Gasteiger partial charge is 0.145 e. The summed E-state index contributed by atoms with van der Waals surface area (Å²) >= 11 is 0. The van der Waals surface area contributed by atoms with Gasteiger partial charge in [0.25, 0.3) is 0 Å². The van der Waals surface area contributed by atoms with Crippen LogP contribution in [0.3, 0.4) is 0 Å². The standard InChI is InChI=1S/C56H36N2O/c1-2-15-42(16-3-1)57(44-17-12-14-39(36-44)40-29-32-46-41(35-40)26-25-37-13-4-5-18-45(37)46)53-34-33-50-49-21-8-11-24-54(49)59-56(50)55(53)38-27-30-43(31-28-38)58-51-22-9-6-19-47(51)48-20-7-10-23-52(48)58/h1-36H. The third kappa shape index (κ3) is 5.36. The molecule has 3 nitrogen and oxygen atoms in total. The normalized spacial score (nSPS) is 11.7. The van der Waals surface area contributed by atoms with Gasteiger partial charge in [-0.3, -0.25) is 0 Å².